The van der Waals surface area contributed by atoms with Crippen LogP contribution < -0.4 is 0 Å². The summed E-state index contributed by atoms with van der Waals surface area (Å²) < 4.78 is 39.0. The van der Waals surface area contributed by atoms with Gasteiger partial charge in [-0.15, -0.1) is 0 Å². The third kappa shape index (κ3) is 27.9. The normalized spacial score (nSPS) is 13.1. The molecule has 0 amide bonds. The van der Waals surface area contributed by atoms with Crippen LogP contribution in [0.1, 0.15) is 158 Å². The number of hydrogen-bond donors (Lipinski definition) is 0. The molecule has 40 heavy (non-hydrogen) atoms. The molecule has 8 heteroatoms. The van der Waals surface area contributed by atoms with Crippen molar-refractivity contribution in [2.45, 2.75) is 158 Å². The number of halogens is 5. The van der Waals surface area contributed by atoms with Crippen LogP contribution in [0.2, 0.25) is 0 Å². The molecule has 0 saturated heterocycles. The molecule has 0 aromatic rings. The fourth-order valence-electron chi connectivity index (χ4n) is 5.53. The summed E-state index contributed by atoms with van der Waals surface area (Å²) in [5.74, 6) is 0. The van der Waals surface area contributed by atoms with Gasteiger partial charge in [-0.2, -0.15) is 0 Å². The van der Waals surface area contributed by atoms with Crippen molar-refractivity contribution in [2.75, 3.05) is 49.3 Å². The van der Waals surface area contributed by atoms with Crippen molar-refractivity contribution in [3.63, 3.8) is 0 Å². The molecule has 0 fully saturated rings. The quantitative estimate of drug-likeness (QED) is 0.0539. The summed E-state index contributed by atoms with van der Waals surface area (Å²) >= 11 is 4.43. The van der Waals surface area contributed by atoms with Gasteiger partial charge < -0.3 is 17.3 Å². The Morgan fingerprint density at radius 3 is 0.750 bits per heavy atom. The minimum absolute atomic E-state index is 0.562. The zero-order valence-electron chi connectivity index (χ0n) is 28.3. The van der Waals surface area contributed by atoms with E-state index in [1.807, 2.05) is 0 Å². The Bertz CT molecular complexity index is 449. The Hall–Kier alpha value is 1.12. The summed E-state index contributed by atoms with van der Waals surface area (Å²) in [6.07, 6.45) is 35.1. The monoisotopic (exact) mass is 684 g/mol. The Morgan fingerprint density at radius 2 is 0.600 bits per heavy atom. The summed E-state index contributed by atoms with van der Waals surface area (Å²) in [4.78, 5) is 0. The van der Waals surface area contributed by atoms with Gasteiger partial charge in [0.25, 0.3) is 0 Å². The molecule has 0 N–H and O–H groups in total. The second kappa shape index (κ2) is 27.7. The molecule has 0 atom stereocenters. The molecule has 0 aliphatic heterocycles. The average molecular weight is 686 g/mol. The zero-order chi connectivity index (χ0) is 31.4. The van der Waals surface area contributed by atoms with Crippen LogP contribution in [0.15, 0.2) is 0 Å². The van der Waals surface area contributed by atoms with E-state index < -0.39 is 19.8 Å². The summed E-state index contributed by atoms with van der Waals surface area (Å²) in [7, 11) is -6.56. The van der Waals surface area contributed by atoms with Gasteiger partial charge in [-0.1, -0.05) is 53.4 Å². The maximum absolute atomic E-state index is 9.75. The van der Waals surface area contributed by atoms with Crippen LogP contribution in [-0.2, 0) is 0 Å². The van der Waals surface area contributed by atoms with Crippen LogP contribution in [0.5, 0.6) is 0 Å². The largest absolute Gasteiger partial charge is 0.673 e. The second-order valence-electron chi connectivity index (χ2n) is 12.3. The van der Waals surface area contributed by atoms with Crippen molar-refractivity contribution < 1.29 is 17.3 Å². The number of unbranched alkanes of at least 4 members (excludes halogenated alkanes) is 8. The van der Waals surface area contributed by atoms with Crippen LogP contribution in [-0.4, -0.2) is 56.5 Å². The Morgan fingerprint density at radius 1 is 0.425 bits per heavy atom. The van der Waals surface area contributed by atoms with E-state index >= 15 is 0 Å². The van der Waals surface area contributed by atoms with Crippen molar-refractivity contribution in [1.82, 2.24) is 0 Å². The van der Waals surface area contributed by atoms with Crippen LogP contribution in [0.25, 0.3) is 0 Å². The first kappa shape index (κ1) is 45.6. The average Bonchev–Trinajstić information content (AvgIpc) is 2.92. The van der Waals surface area contributed by atoms with Gasteiger partial charge in [-0.05, 0) is 25.7 Å². The molecule has 0 aliphatic carbocycles. The van der Waals surface area contributed by atoms with Crippen molar-refractivity contribution in [2.24, 2.45) is 0 Å². The molecule has 0 rings (SSSR count). The predicted octanol–water partition coefficient (Wildman–Crippen LogP) is 14.6. The van der Waals surface area contributed by atoms with Crippen LogP contribution in [0.3, 0.4) is 0 Å². The first-order valence-corrected chi connectivity index (χ1v) is 24.8. The molecule has 0 aliphatic rings. The Kier molecular flexibility index (Phi) is 31.5. The minimum atomic E-state index is -6.00. The standard InChI is InChI=1S/C16H36BrP.C16H36P.BF4/c1-5-9-13-18(17,14-10-6-2,15-11-7-3)16-12-8-4;1-5-9-13-17(14-10-6-2,15-11-7-3)16-12-8-4;2-1(3,4)5/h5-16H2,1-4H3;5-16H2,1-4H3;/q;+1;-1. The Balaban J connectivity index is -0.000000586. The molecule has 0 aromatic heterocycles. The van der Waals surface area contributed by atoms with E-state index in [1.165, 1.54) is 127 Å². The topological polar surface area (TPSA) is 0 Å². The predicted molar refractivity (Wildman–Crippen MR) is 191 cm³/mol. The third-order valence-electron chi connectivity index (χ3n) is 8.23. The number of rotatable bonds is 24. The third-order valence-corrected chi connectivity index (χ3v) is 23.3. The first-order chi connectivity index (χ1) is 18.8. The van der Waals surface area contributed by atoms with E-state index in [9.17, 15) is 17.3 Å². The first-order valence-electron chi connectivity index (χ1n) is 17.2. The van der Waals surface area contributed by atoms with Crippen molar-refractivity contribution >= 4 is 35.3 Å². The number of hydrogen-bond acceptors (Lipinski definition) is 0. The van der Waals surface area contributed by atoms with Gasteiger partial charge in [-0.3, -0.25) is 0 Å². The van der Waals surface area contributed by atoms with Gasteiger partial charge in [0.2, 0.25) is 0 Å². The van der Waals surface area contributed by atoms with Gasteiger partial charge in [-0.25, -0.2) is 0 Å². The molecular formula is C32H72BBrF4P2. The fraction of sp³-hybridized carbons (Fsp3) is 1.00. The van der Waals surface area contributed by atoms with Crippen LogP contribution in [0.4, 0.5) is 17.3 Å². The van der Waals surface area contributed by atoms with Gasteiger partial charge in [0.05, 0.1) is 24.6 Å². The molecule has 0 unspecified atom stereocenters. The molecule has 0 radical (unpaired) electrons. The molecule has 0 saturated carbocycles. The summed E-state index contributed by atoms with van der Waals surface area (Å²) in [5, 5.41) is -1.55. The molecule has 0 spiro atoms. The Labute approximate surface area is 259 Å². The molecule has 0 aromatic carbocycles. The maximum atomic E-state index is 9.75. The van der Waals surface area contributed by atoms with E-state index in [-0.39, 0.29) is 0 Å². The minimum Gasteiger partial charge on any atom is -0.418 e. The molecule has 0 heterocycles. The maximum Gasteiger partial charge on any atom is 0.673 e. The fourth-order valence-corrected chi connectivity index (χ4v) is 19.6. The summed E-state index contributed by atoms with van der Waals surface area (Å²) in [6, 6.07) is 0. The van der Waals surface area contributed by atoms with Crippen molar-refractivity contribution in [1.29, 1.82) is 0 Å². The molecular weight excluding hydrogens is 613 g/mol. The van der Waals surface area contributed by atoms with Crippen molar-refractivity contribution in [3.8, 4) is 0 Å². The van der Waals surface area contributed by atoms with E-state index in [1.54, 1.807) is 24.6 Å². The van der Waals surface area contributed by atoms with Gasteiger partial charge in [0.1, 0.15) is 0 Å². The smallest absolute Gasteiger partial charge is 0.418 e. The van der Waals surface area contributed by atoms with E-state index in [0.717, 1.165) is 0 Å². The second-order valence-corrected chi connectivity index (χ2v) is 28.2. The molecule has 248 valence electrons. The SMILES string of the molecule is CCCCP(Br)(CCCC)(CCCC)CCCC.CCCC[P+](CCCC)(CCCC)CCCC.F[B-](F)(F)F. The van der Waals surface area contributed by atoms with Crippen LogP contribution >= 0.6 is 28.1 Å². The van der Waals surface area contributed by atoms with E-state index in [4.69, 9.17) is 0 Å². The van der Waals surface area contributed by atoms with Crippen molar-refractivity contribution in [3.05, 3.63) is 0 Å². The van der Waals surface area contributed by atoms with Crippen LogP contribution in [0, 0.1) is 0 Å². The van der Waals surface area contributed by atoms with E-state index in [2.05, 4.69) is 70.9 Å². The van der Waals surface area contributed by atoms with E-state index in [0.29, 0.717) is 0 Å². The van der Waals surface area contributed by atoms with Gasteiger partial charge in [0.15, 0.2) is 0 Å². The molecule has 0 nitrogen and oxygen atoms in total. The molecule has 0 bridgehead atoms. The summed E-state index contributed by atoms with van der Waals surface area (Å²) in [5.41, 5.74) is 0. The van der Waals surface area contributed by atoms with Gasteiger partial charge in [0, 0.05) is 7.26 Å². The zero-order valence-corrected chi connectivity index (χ0v) is 31.7. The summed E-state index contributed by atoms with van der Waals surface area (Å²) in [6.45, 7) is 18.8. The van der Waals surface area contributed by atoms with Gasteiger partial charge >= 0.3 is 132 Å².